The van der Waals surface area contributed by atoms with Gasteiger partial charge in [-0.05, 0) is 65.8 Å². The van der Waals surface area contributed by atoms with Crippen molar-refractivity contribution in [2.45, 2.75) is 20.3 Å². The third-order valence-corrected chi connectivity index (χ3v) is 4.13. The van der Waals surface area contributed by atoms with Crippen molar-refractivity contribution in [3.8, 4) is 11.1 Å². The van der Waals surface area contributed by atoms with Crippen molar-refractivity contribution in [2.24, 2.45) is 0 Å². The summed E-state index contributed by atoms with van der Waals surface area (Å²) >= 11 is 0. The SMILES string of the molecule is Cc1cc2c(c(C)c1C(=O)O)Cc1cc(C(=O)O)ccc1-2. The topological polar surface area (TPSA) is 74.6 Å². The Morgan fingerprint density at radius 1 is 1.00 bits per heavy atom. The van der Waals surface area contributed by atoms with Crippen LogP contribution in [-0.2, 0) is 6.42 Å². The molecule has 0 bridgehead atoms. The Labute approximate surface area is 121 Å². The van der Waals surface area contributed by atoms with E-state index in [1.807, 2.05) is 19.1 Å². The summed E-state index contributed by atoms with van der Waals surface area (Å²) in [4.78, 5) is 22.4. The number of aromatic carboxylic acids is 2. The quantitative estimate of drug-likeness (QED) is 0.756. The van der Waals surface area contributed by atoms with Gasteiger partial charge in [-0.25, -0.2) is 9.59 Å². The van der Waals surface area contributed by atoms with Crippen molar-refractivity contribution in [3.05, 3.63) is 57.6 Å². The molecule has 1 aliphatic rings. The maximum absolute atomic E-state index is 11.4. The molecular formula is C17H14O4. The molecular weight excluding hydrogens is 268 g/mol. The Bertz CT molecular complexity index is 803. The molecule has 0 aliphatic heterocycles. The van der Waals surface area contributed by atoms with E-state index in [9.17, 15) is 14.7 Å². The van der Waals surface area contributed by atoms with Crippen molar-refractivity contribution in [1.82, 2.24) is 0 Å². The Kier molecular flexibility index (Phi) is 2.83. The lowest BCUT2D eigenvalue weighted by Gasteiger charge is -2.11. The third kappa shape index (κ3) is 1.91. The third-order valence-electron chi connectivity index (χ3n) is 4.13. The van der Waals surface area contributed by atoms with Crippen molar-refractivity contribution in [3.63, 3.8) is 0 Å². The first-order chi connectivity index (χ1) is 9.90. The van der Waals surface area contributed by atoms with Gasteiger partial charge in [0.2, 0.25) is 0 Å². The maximum Gasteiger partial charge on any atom is 0.336 e. The van der Waals surface area contributed by atoms with Gasteiger partial charge in [-0.1, -0.05) is 12.1 Å². The second kappa shape index (κ2) is 4.45. The van der Waals surface area contributed by atoms with Crippen LogP contribution in [0.5, 0.6) is 0 Å². The highest BCUT2D eigenvalue weighted by Gasteiger charge is 2.25. The summed E-state index contributed by atoms with van der Waals surface area (Å²) in [5.41, 5.74) is 6.04. The fourth-order valence-electron chi connectivity index (χ4n) is 3.15. The predicted molar refractivity (Wildman–Crippen MR) is 78.1 cm³/mol. The van der Waals surface area contributed by atoms with E-state index < -0.39 is 11.9 Å². The molecule has 0 atom stereocenters. The molecule has 0 amide bonds. The standard InChI is InChI=1S/C17H14O4/c1-8-5-14-12-4-3-10(16(18)19)6-11(12)7-13(14)9(2)15(8)17(20)21/h3-6H,7H2,1-2H3,(H,18,19)(H,20,21). The zero-order chi connectivity index (χ0) is 15.3. The van der Waals surface area contributed by atoms with Crippen LogP contribution in [0.2, 0.25) is 0 Å². The van der Waals surface area contributed by atoms with Gasteiger partial charge < -0.3 is 10.2 Å². The fraction of sp³-hybridized carbons (Fsp3) is 0.176. The largest absolute Gasteiger partial charge is 0.478 e. The molecule has 0 radical (unpaired) electrons. The lowest BCUT2D eigenvalue weighted by atomic mass is 9.93. The summed E-state index contributed by atoms with van der Waals surface area (Å²) in [5, 5.41) is 18.4. The molecule has 0 saturated carbocycles. The molecule has 1 aliphatic carbocycles. The first kappa shape index (κ1) is 13.4. The molecule has 0 unspecified atom stereocenters. The summed E-state index contributed by atoms with van der Waals surface area (Å²) in [6.45, 7) is 3.61. The van der Waals surface area contributed by atoms with Gasteiger partial charge in [0.05, 0.1) is 11.1 Å². The fourth-order valence-corrected chi connectivity index (χ4v) is 3.15. The first-order valence-electron chi connectivity index (χ1n) is 6.63. The molecule has 2 N–H and O–H groups in total. The van der Waals surface area contributed by atoms with E-state index in [0.717, 1.165) is 33.4 Å². The van der Waals surface area contributed by atoms with Gasteiger partial charge in [0.15, 0.2) is 0 Å². The van der Waals surface area contributed by atoms with Crippen LogP contribution in [0.15, 0.2) is 24.3 Å². The number of carboxylic acid groups (broad SMARTS) is 2. The smallest absolute Gasteiger partial charge is 0.336 e. The monoisotopic (exact) mass is 282 g/mol. The van der Waals surface area contributed by atoms with Gasteiger partial charge >= 0.3 is 11.9 Å². The van der Waals surface area contributed by atoms with Crippen molar-refractivity contribution < 1.29 is 19.8 Å². The number of carbonyl (C=O) groups is 2. The minimum absolute atomic E-state index is 0.259. The van der Waals surface area contributed by atoms with E-state index in [-0.39, 0.29) is 5.56 Å². The average Bonchev–Trinajstić information content (AvgIpc) is 2.76. The van der Waals surface area contributed by atoms with E-state index in [1.165, 1.54) is 0 Å². The molecule has 0 aromatic heterocycles. The van der Waals surface area contributed by atoms with Crippen molar-refractivity contribution >= 4 is 11.9 Å². The summed E-state index contributed by atoms with van der Waals surface area (Å²) in [5.74, 6) is -1.87. The van der Waals surface area contributed by atoms with Crippen LogP contribution in [0.1, 0.15) is 43.0 Å². The maximum atomic E-state index is 11.4. The molecule has 21 heavy (non-hydrogen) atoms. The summed E-state index contributed by atoms with van der Waals surface area (Å²) in [6, 6.07) is 6.96. The van der Waals surface area contributed by atoms with Gasteiger partial charge in [-0.2, -0.15) is 0 Å². The average molecular weight is 282 g/mol. The number of hydrogen-bond acceptors (Lipinski definition) is 2. The van der Waals surface area contributed by atoms with E-state index in [1.54, 1.807) is 19.1 Å². The van der Waals surface area contributed by atoms with Crippen LogP contribution in [0.3, 0.4) is 0 Å². The Morgan fingerprint density at radius 2 is 1.71 bits per heavy atom. The lowest BCUT2D eigenvalue weighted by molar-refractivity contribution is 0.0685. The number of rotatable bonds is 2. The summed E-state index contributed by atoms with van der Waals surface area (Å²) in [7, 11) is 0. The molecule has 0 heterocycles. The number of fused-ring (bicyclic) bond motifs is 3. The van der Waals surface area contributed by atoms with Crippen LogP contribution in [0.25, 0.3) is 11.1 Å². The van der Waals surface area contributed by atoms with Crippen LogP contribution in [-0.4, -0.2) is 22.2 Å². The van der Waals surface area contributed by atoms with E-state index in [0.29, 0.717) is 12.0 Å². The lowest BCUT2D eigenvalue weighted by Crippen LogP contribution is -2.05. The highest BCUT2D eigenvalue weighted by Crippen LogP contribution is 2.40. The first-order valence-corrected chi connectivity index (χ1v) is 6.63. The molecule has 4 heteroatoms. The highest BCUT2D eigenvalue weighted by molar-refractivity contribution is 5.95. The minimum Gasteiger partial charge on any atom is -0.478 e. The molecule has 106 valence electrons. The summed E-state index contributed by atoms with van der Waals surface area (Å²) in [6.07, 6.45) is 0.582. The molecule has 0 spiro atoms. The van der Waals surface area contributed by atoms with E-state index in [4.69, 9.17) is 5.11 Å². The van der Waals surface area contributed by atoms with Gasteiger partial charge in [0.25, 0.3) is 0 Å². The second-order valence-corrected chi connectivity index (χ2v) is 5.38. The van der Waals surface area contributed by atoms with Gasteiger partial charge in [0.1, 0.15) is 0 Å². The predicted octanol–water partition coefficient (Wildman–Crippen LogP) is 3.27. The van der Waals surface area contributed by atoms with Crippen LogP contribution in [0.4, 0.5) is 0 Å². The van der Waals surface area contributed by atoms with Gasteiger partial charge in [0, 0.05) is 0 Å². The molecule has 2 aromatic rings. The molecule has 4 nitrogen and oxygen atoms in total. The van der Waals surface area contributed by atoms with E-state index >= 15 is 0 Å². The van der Waals surface area contributed by atoms with E-state index in [2.05, 4.69) is 0 Å². The Balaban J connectivity index is 2.22. The highest BCUT2D eigenvalue weighted by atomic mass is 16.4. The zero-order valence-corrected chi connectivity index (χ0v) is 11.7. The summed E-state index contributed by atoms with van der Waals surface area (Å²) < 4.78 is 0. The van der Waals surface area contributed by atoms with Gasteiger partial charge in [-0.15, -0.1) is 0 Å². The number of carboxylic acids is 2. The minimum atomic E-state index is -0.951. The molecule has 3 rings (SSSR count). The number of hydrogen-bond donors (Lipinski definition) is 2. The Morgan fingerprint density at radius 3 is 2.33 bits per heavy atom. The molecule has 2 aromatic carbocycles. The number of aryl methyl sites for hydroxylation is 1. The second-order valence-electron chi connectivity index (χ2n) is 5.38. The molecule has 0 saturated heterocycles. The molecule has 0 fully saturated rings. The van der Waals surface area contributed by atoms with Crippen LogP contribution in [0, 0.1) is 13.8 Å². The number of benzene rings is 2. The zero-order valence-electron chi connectivity index (χ0n) is 11.7. The van der Waals surface area contributed by atoms with Crippen LogP contribution >= 0.6 is 0 Å². The van der Waals surface area contributed by atoms with Gasteiger partial charge in [-0.3, -0.25) is 0 Å². The Hall–Kier alpha value is -2.62. The normalized spacial score (nSPS) is 11.9. The van der Waals surface area contributed by atoms with Crippen molar-refractivity contribution in [1.29, 1.82) is 0 Å². The van der Waals surface area contributed by atoms with Crippen LogP contribution < -0.4 is 0 Å². The van der Waals surface area contributed by atoms with Crippen molar-refractivity contribution in [2.75, 3.05) is 0 Å².